The molecule has 1 atom stereocenters. The molecular formula is C11H21NO4S2. The summed E-state index contributed by atoms with van der Waals surface area (Å²) in [4.78, 5) is 11.5. The summed E-state index contributed by atoms with van der Waals surface area (Å²) in [6.07, 6.45) is 3.21. The molecule has 0 bridgehead atoms. The number of carbonyl (C=O) groups is 1. The average Bonchev–Trinajstić information content (AvgIpc) is 2.66. The molecule has 1 fully saturated rings. The number of nitrogens with one attached hydrogen (secondary N) is 1. The Kier molecular flexibility index (Phi) is 7.03. The van der Waals surface area contributed by atoms with Gasteiger partial charge in [0.15, 0.2) is 9.84 Å². The van der Waals surface area contributed by atoms with Gasteiger partial charge in [-0.2, -0.15) is 0 Å². The van der Waals surface area contributed by atoms with E-state index >= 15 is 0 Å². The molecule has 0 saturated carbocycles. The highest BCUT2D eigenvalue weighted by Crippen LogP contribution is 2.23. The summed E-state index contributed by atoms with van der Waals surface area (Å²) in [5.41, 5.74) is 0. The Hall–Kier alpha value is -0.270. The summed E-state index contributed by atoms with van der Waals surface area (Å²) in [7, 11) is -2.85. The molecule has 1 aliphatic heterocycles. The van der Waals surface area contributed by atoms with Gasteiger partial charge in [-0.15, -0.1) is 11.8 Å². The zero-order valence-electron chi connectivity index (χ0n) is 10.4. The second-order valence-corrected chi connectivity index (χ2v) is 7.99. The molecule has 5 nitrogen and oxygen atoms in total. The first-order valence-corrected chi connectivity index (χ1v) is 9.10. The minimum absolute atomic E-state index is 0.0340. The number of amides is 1. The molecule has 2 N–H and O–H groups in total. The van der Waals surface area contributed by atoms with Gasteiger partial charge in [0.25, 0.3) is 0 Å². The average molecular weight is 295 g/mol. The third-order valence-electron chi connectivity index (χ3n) is 2.80. The van der Waals surface area contributed by atoms with Gasteiger partial charge in [-0.1, -0.05) is 0 Å². The van der Waals surface area contributed by atoms with Crippen molar-refractivity contribution < 1.29 is 18.3 Å². The number of rotatable bonds is 8. The molecule has 0 aromatic carbocycles. The molecule has 1 amide bonds. The van der Waals surface area contributed by atoms with E-state index in [2.05, 4.69) is 5.32 Å². The number of carbonyl (C=O) groups excluding carboxylic acids is 1. The van der Waals surface area contributed by atoms with Gasteiger partial charge < -0.3 is 10.4 Å². The van der Waals surface area contributed by atoms with Crippen LogP contribution in [0.25, 0.3) is 0 Å². The number of unbranched alkanes of at least 4 members (excludes halogenated alkanes) is 2. The lowest BCUT2D eigenvalue weighted by Crippen LogP contribution is -2.27. The maximum Gasteiger partial charge on any atom is 0.230 e. The van der Waals surface area contributed by atoms with E-state index in [0.717, 1.165) is 19.3 Å². The lowest BCUT2D eigenvalue weighted by molar-refractivity contribution is -0.118. The van der Waals surface area contributed by atoms with Crippen LogP contribution in [0.2, 0.25) is 0 Å². The van der Waals surface area contributed by atoms with Crippen LogP contribution >= 0.6 is 11.8 Å². The molecule has 1 unspecified atom stereocenters. The lowest BCUT2D eigenvalue weighted by Gasteiger charge is -2.08. The molecule has 18 heavy (non-hydrogen) atoms. The molecule has 0 radical (unpaired) electrons. The van der Waals surface area contributed by atoms with Gasteiger partial charge in [0.05, 0.1) is 17.3 Å². The maximum atomic E-state index is 11.5. The van der Waals surface area contributed by atoms with E-state index in [0.29, 0.717) is 18.7 Å². The fraction of sp³-hybridized carbons (Fsp3) is 0.909. The van der Waals surface area contributed by atoms with Crippen molar-refractivity contribution in [3.8, 4) is 0 Å². The zero-order valence-corrected chi connectivity index (χ0v) is 12.1. The van der Waals surface area contributed by atoms with Crippen molar-refractivity contribution >= 4 is 27.5 Å². The van der Waals surface area contributed by atoms with E-state index in [9.17, 15) is 13.2 Å². The lowest BCUT2D eigenvalue weighted by atomic mass is 10.2. The summed E-state index contributed by atoms with van der Waals surface area (Å²) in [5, 5.41) is 11.5. The van der Waals surface area contributed by atoms with Crippen LogP contribution in [0.1, 0.15) is 25.7 Å². The van der Waals surface area contributed by atoms with E-state index in [4.69, 9.17) is 5.11 Å². The molecule has 1 saturated heterocycles. The summed E-state index contributed by atoms with van der Waals surface area (Å²) >= 11 is 1.43. The SMILES string of the molecule is O=C(CSC1CCS(=O)(=O)C1)NCCCCCO. The Balaban J connectivity index is 2.04. The minimum atomic E-state index is -2.85. The predicted octanol–water partition coefficient (Wildman–Crippen LogP) is 0.186. The second kappa shape index (κ2) is 8.01. The number of hydrogen-bond acceptors (Lipinski definition) is 5. The van der Waals surface area contributed by atoms with Crippen LogP contribution in [-0.2, 0) is 14.6 Å². The molecule has 0 spiro atoms. The van der Waals surface area contributed by atoms with Crippen molar-refractivity contribution in [3.05, 3.63) is 0 Å². The number of thioether (sulfide) groups is 1. The Morgan fingerprint density at radius 1 is 1.33 bits per heavy atom. The van der Waals surface area contributed by atoms with Crippen LogP contribution in [0.5, 0.6) is 0 Å². The normalized spacial score (nSPS) is 21.9. The molecule has 1 rings (SSSR count). The Morgan fingerprint density at radius 2 is 2.11 bits per heavy atom. The third kappa shape index (κ3) is 6.61. The number of aliphatic hydroxyl groups excluding tert-OH is 1. The summed E-state index contributed by atoms with van der Waals surface area (Å²) in [6, 6.07) is 0. The first kappa shape index (κ1) is 15.8. The summed E-state index contributed by atoms with van der Waals surface area (Å²) < 4.78 is 22.4. The molecule has 106 valence electrons. The second-order valence-electron chi connectivity index (χ2n) is 4.47. The molecule has 7 heteroatoms. The Bertz CT molecular complexity index is 356. The van der Waals surface area contributed by atoms with Gasteiger partial charge in [-0.25, -0.2) is 8.42 Å². The van der Waals surface area contributed by atoms with E-state index in [1.165, 1.54) is 11.8 Å². The van der Waals surface area contributed by atoms with Gasteiger partial charge in [0.1, 0.15) is 0 Å². The van der Waals surface area contributed by atoms with E-state index in [1.54, 1.807) is 0 Å². The van der Waals surface area contributed by atoms with Gasteiger partial charge in [0, 0.05) is 18.4 Å². The molecule has 0 aromatic heterocycles. The van der Waals surface area contributed by atoms with Crippen molar-refractivity contribution in [2.45, 2.75) is 30.9 Å². The van der Waals surface area contributed by atoms with Crippen LogP contribution in [0.3, 0.4) is 0 Å². The number of hydrogen-bond donors (Lipinski definition) is 2. The van der Waals surface area contributed by atoms with E-state index in [-0.39, 0.29) is 29.3 Å². The molecule has 0 aromatic rings. The van der Waals surface area contributed by atoms with Crippen molar-refractivity contribution in [1.82, 2.24) is 5.32 Å². The summed E-state index contributed by atoms with van der Waals surface area (Å²) in [5.74, 6) is 0.767. The van der Waals surface area contributed by atoms with Crippen molar-refractivity contribution in [2.24, 2.45) is 0 Å². The molecule has 1 heterocycles. The largest absolute Gasteiger partial charge is 0.396 e. The van der Waals surface area contributed by atoms with Gasteiger partial charge in [-0.05, 0) is 25.7 Å². The summed E-state index contributed by atoms with van der Waals surface area (Å²) in [6.45, 7) is 0.822. The van der Waals surface area contributed by atoms with Crippen LogP contribution in [0, 0.1) is 0 Å². The quantitative estimate of drug-likeness (QED) is 0.624. The van der Waals surface area contributed by atoms with Gasteiger partial charge in [-0.3, -0.25) is 4.79 Å². The van der Waals surface area contributed by atoms with Crippen LogP contribution < -0.4 is 5.32 Å². The van der Waals surface area contributed by atoms with Crippen molar-refractivity contribution in [2.75, 3.05) is 30.4 Å². The first-order chi connectivity index (χ1) is 8.53. The zero-order chi connectivity index (χ0) is 13.4. The van der Waals surface area contributed by atoms with E-state index < -0.39 is 9.84 Å². The highest BCUT2D eigenvalue weighted by atomic mass is 32.2. The highest BCUT2D eigenvalue weighted by molar-refractivity contribution is 8.02. The van der Waals surface area contributed by atoms with Crippen molar-refractivity contribution in [3.63, 3.8) is 0 Å². The van der Waals surface area contributed by atoms with E-state index in [1.807, 2.05) is 0 Å². The first-order valence-electron chi connectivity index (χ1n) is 6.23. The fourth-order valence-electron chi connectivity index (χ4n) is 1.78. The number of sulfone groups is 1. The highest BCUT2D eigenvalue weighted by Gasteiger charge is 2.28. The standard InChI is InChI=1S/C11H21NO4S2/c13-6-3-1-2-5-12-11(14)8-17-10-4-7-18(15,16)9-10/h10,13H,1-9H2,(H,12,14). The van der Waals surface area contributed by atoms with Crippen LogP contribution in [-0.4, -0.2) is 55.1 Å². The predicted molar refractivity (Wildman–Crippen MR) is 73.5 cm³/mol. The van der Waals surface area contributed by atoms with Gasteiger partial charge in [0.2, 0.25) is 5.91 Å². The Morgan fingerprint density at radius 3 is 2.72 bits per heavy atom. The smallest absolute Gasteiger partial charge is 0.230 e. The molecular weight excluding hydrogens is 274 g/mol. The third-order valence-corrected chi connectivity index (χ3v) is 6.08. The van der Waals surface area contributed by atoms with Gasteiger partial charge >= 0.3 is 0 Å². The minimum Gasteiger partial charge on any atom is -0.396 e. The number of aliphatic hydroxyl groups is 1. The Labute approximate surface area is 113 Å². The van der Waals surface area contributed by atoms with Crippen LogP contribution in [0.15, 0.2) is 0 Å². The monoisotopic (exact) mass is 295 g/mol. The molecule has 1 aliphatic rings. The van der Waals surface area contributed by atoms with Crippen molar-refractivity contribution in [1.29, 1.82) is 0 Å². The molecule has 0 aliphatic carbocycles. The maximum absolute atomic E-state index is 11.5. The van der Waals surface area contributed by atoms with Crippen LogP contribution in [0.4, 0.5) is 0 Å². The topological polar surface area (TPSA) is 83.5 Å². The fourth-order valence-corrected chi connectivity index (χ4v) is 5.25.